The van der Waals surface area contributed by atoms with Crippen LogP contribution in [0, 0.1) is 0 Å². The van der Waals surface area contributed by atoms with E-state index in [1.807, 2.05) is 27.2 Å². The average molecular weight is 343 g/mol. The van der Waals surface area contributed by atoms with Crippen molar-refractivity contribution in [1.29, 1.82) is 0 Å². The summed E-state index contributed by atoms with van der Waals surface area (Å²) in [6, 6.07) is 1.82. The van der Waals surface area contributed by atoms with E-state index in [9.17, 15) is 4.79 Å². The first-order valence-corrected chi connectivity index (χ1v) is 7.54. The Bertz CT molecular complexity index is 451. The number of nitrogens with one attached hydrogen (secondary N) is 1. The van der Waals surface area contributed by atoms with Gasteiger partial charge in [-0.2, -0.15) is 0 Å². The molecule has 0 aliphatic heterocycles. The molecule has 5 nitrogen and oxygen atoms in total. The standard InChI is InChI=1S/C14H23BrN4O/c1-5-6-16-13-12(9-11(15)10-17-13)14(20)19(4)8-7-18(2)3/h9-10H,5-8H2,1-4H3,(H,16,17). The first kappa shape index (κ1) is 16.9. The normalized spacial score (nSPS) is 10.7. The van der Waals surface area contributed by atoms with Crippen LogP contribution in [0.3, 0.4) is 0 Å². The van der Waals surface area contributed by atoms with E-state index in [4.69, 9.17) is 0 Å². The van der Waals surface area contributed by atoms with Gasteiger partial charge < -0.3 is 15.1 Å². The fourth-order valence-corrected chi connectivity index (χ4v) is 1.98. The van der Waals surface area contributed by atoms with Gasteiger partial charge in [0, 0.05) is 37.4 Å². The second kappa shape index (κ2) is 8.21. The first-order chi connectivity index (χ1) is 9.45. The van der Waals surface area contributed by atoms with Crippen molar-refractivity contribution in [1.82, 2.24) is 14.8 Å². The Morgan fingerprint density at radius 3 is 2.65 bits per heavy atom. The lowest BCUT2D eigenvalue weighted by Crippen LogP contribution is -2.34. The Labute approximate surface area is 129 Å². The summed E-state index contributed by atoms with van der Waals surface area (Å²) in [5.41, 5.74) is 0.606. The van der Waals surface area contributed by atoms with Crippen LogP contribution in [0.15, 0.2) is 16.7 Å². The van der Waals surface area contributed by atoms with E-state index in [0.717, 1.165) is 24.0 Å². The van der Waals surface area contributed by atoms with Crippen molar-refractivity contribution >= 4 is 27.7 Å². The molecule has 1 amide bonds. The molecule has 0 bridgehead atoms. The molecule has 0 saturated heterocycles. The van der Waals surface area contributed by atoms with Gasteiger partial charge in [0.05, 0.1) is 5.56 Å². The molecule has 1 aromatic rings. The highest BCUT2D eigenvalue weighted by atomic mass is 79.9. The molecule has 0 atom stereocenters. The van der Waals surface area contributed by atoms with E-state index in [0.29, 0.717) is 17.9 Å². The van der Waals surface area contributed by atoms with Gasteiger partial charge in [-0.1, -0.05) is 6.92 Å². The number of anilines is 1. The molecule has 0 aromatic carbocycles. The van der Waals surface area contributed by atoms with Crippen LogP contribution in [0.4, 0.5) is 5.82 Å². The number of rotatable bonds is 7. The number of halogens is 1. The fourth-order valence-electron chi connectivity index (χ4n) is 1.64. The zero-order valence-corrected chi connectivity index (χ0v) is 14.2. The van der Waals surface area contributed by atoms with Crippen molar-refractivity contribution in [3.63, 3.8) is 0 Å². The molecule has 0 saturated carbocycles. The van der Waals surface area contributed by atoms with Gasteiger partial charge in [-0.3, -0.25) is 4.79 Å². The smallest absolute Gasteiger partial charge is 0.257 e. The van der Waals surface area contributed by atoms with Gasteiger partial charge in [-0.15, -0.1) is 0 Å². The van der Waals surface area contributed by atoms with Crippen molar-refractivity contribution in [2.45, 2.75) is 13.3 Å². The summed E-state index contributed by atoms with van der Waals surface area (Å²) >= 11 is 3.37. The van der Waals surface area contributed by atoms with E-state index in [1.54, 1.807) is 11.1 Å². The summed E-state index contributed by atoms with van der Waals surface area (Å²) in [5, 5.41) is 3.20. The van der Waals surface area contributed by atoms with Crippen molar-refractivity contribution in [2.24, 2.45) is 0 Å². The lowest BCUT2D eigenvalue weighted by atomic mass is 10.2. The summed E-state index contributed by atoms with van der Waals surface area (Å²) in [4.78, 5) is 20.6. The molecule has 1 heterocycles. The molecule has 112 valence electrons. The van der Waals surface area contributed by atoms with E-state index in [2.05, 4.69) is 38.1 Å². The van der Waals surface area contributed by atoms with Crippen LogP contribution in [0.5, 0.6) is 0 Å². The molecule has 1 aromatic heterocycles. The number of likely N-dealkylation sites (N-methyl/N-ethyl adjacent to an activating group) is 2. The van der Waals surface area contributed by atoms with Gasteiger partial charge in [0.15, 0.2) is 0 Å². The molecule has 0 fully saturated rings. The minimum atomic E-state index is -0.0146. The van der Waals surface area contributed by atoms with Gasteiger partial charge in [0.2, 0.25) is 0 Å². The molecular weight excluding hydrogens is 320 g/mol. The highest BCUT2D eigenvalue weighted by Gasteiger charge is 2.17. The Balaban J connectivity index is 2.86. The van der Waals surface area contributed by atoms with Crippen LogP contribution >= 0.6 is 15.9 Å². The zero-order chi connectivity index (χ0) is 15.1. The van der Waals surface area contributed by atoms with E-state index < -0.39 is 0 Å². The van der Waals surface area contributed by atoms with Gasteiger partial charge in [-0.05, 0) is 42.5 Å². The molecule has 1 rings (SSSR count). The maximum atomic E-state index is 12.5. The zero-order valence-electron chi connectivity index (χ0n) is 12.6. The predicted octanol–water partition coefficient (Wildman–Crippen LogP) is 2.30. The quantitative estimate of drug-likeness (QED) is 0.825. The van der Waals surface area contributed by atoms with Gasteiger partial charge in [0.1, 0.15) is 5.82 Å². The van der Waals surface area contributed by atoms with Gasteiger partial charge in [0.25, 0.3) is 5.91 Å². The van der Waals surface area contributed by atoms with E-state index >= 15 is 0 Å². The number of carbonyl (C=O) groups is 1. The van der Waals surface area contributed by atoms with Gasteiger partial charge in [-0.25, -0.2) is 4.98 Å². The monoisotopic (exact) mass is 342 g/mol. The molecular formula is C14H23BrN4O. The summed E-state index contributed by atoms with van der Waals surface area (Å²) in [7, 11) is 5.80. The van der Waals surface area contributed by atoms with Crippen LogP contribution in [0.2, 0.25) is 0 Å². The number of hydrogen-bond donors (Lipinski definition) is 1. The highest BCUT2D eigenvalue weighted by Crippen LogP contribution is 2.19. The Morgan fingerprint density at radius 2 is 2.05 bits per heavy atom. The minimum Gasteiger partial charge on any atom is -0.369 e. The topological polar surface area (TPSA) is 48.5 Å². The summed E-state index contributed by atoms with van der Waals surface area (Å²) in [6.45, 7) is 4.40. The molecule has 1 N–H and O–H groups in total. The summed E-state index contributed by atoms with van der Waals surface area (Å²) in [5.74, 6) is 0.635. The van der Waals surface area contributed by atoms with Crippen LogP contribution in [0.1, 0.15) is 23.7 Å². The number of aromatic nitrogens is 1. The van der Waals surface area contributed by atoms with Crippen molar-refractivity contribution in [3.8, 4) is 0 Å². The van der Waals surface area contributed by atoms with Crippen LogP contribution < -0.4 is 5.32 Å². The lowest BCUT2D eigenvalue weighted by molar-refractivity contribution is 0.0787. The Kier molecular flexibility index (Phi) is 6.95. The largest absolute Gasteiger partial charge is 0.369 e. The molecule has 0 aliphatic carbocycles. The maximum absolute atomic E-state index is 12.5. The summed E-state index contributed by atoms with van der Waals surface area (Å²) < 4.78 is 0.809. The van der Waals surface area contributed by atoms with Crippen LogP contribution in [-0.4, -0.2) is 61.5 Å². The number of nitrogens with zero attached hydrogens (tertiary/aromatic N) is 3. The summed E-state index contributed by atoms with van der Waals surface area (Å²) in [6.07, 6.45) is 2.69. The molecule has 0 spiro atoms. The third kappa shape index (κ3) is 5.09. The maximum Gasteiger partial charge on any atom is 0.257 e. The lowest BCUT2D eigenvalue weighted by Gasteiger charge is -2.21. The minimum absolute atomic E-state index is 0.0146. The molecule has 0 unspecified atom stereocenters. The molecule has 0 radical (unpaired) electrons. The number of carbonyl (C=O) groups excluding carboxylic acids is 1. The van der Waals surface area contributed by atoms with Crippen molar-refractivity contribution in [2.75, 3.05) is 46.1 Å². The SMILES string of the molecule is CCCNc1ncc(Br)cc1C(=O)N(C)CCN(C)C. The Hall–Kier alpha value is -1.14. The number of pyridine rings is 1. The number of amides is 1. The average Bonchev–Trinajstić information content (AvgIpc) is 2.42. The second-order valence-electron chi connectivity index (χ2n) is 5.01. The van der Waals surface area contributed by atoms with E-state index in [1.165, 1.54) is 0 Å². The predicted molar refractivity (Wildman–Crippen MR) is 86.2 cm³/mol. The molecule has 20 heavy (non-hydrogen) atoms. The third-order valence-corrected chi connectivity index (χ3v) is 3.29. The highest BCUT2D eigenvalue weighted by molar-refractivity contribution is 9.10. The van der Waals surface area contributed by atoms with E-state index in [-0.39, 0.29) is 5.91 Å². The fraction of sp³-hybridized carbons (Fsp3) is 0.571. The third-order valence-electron chi connectivity index (χ3n) is 2.86. The van der Waals surface area contributed by atoms with Crippen LogP contribution in [0.25, 0.3) is 0 Å². The van der Waals surface area contributed by atoms with Gasteiger partial charge >= 0.3 is 0 Å². The Morgan fingerprint density at radius 1 is 1.35 bits per heavy atom. The van der Waals surface area contributed by atoms with Crippen LogP contribution in [-0.2, 0) is 0 Å². The second-order valence-corrected chi connectivity index (χ2v) is 5.92. The van der Waals surface area contributed by atoms with Crippen molar-refractivity contribution < 1.29 is 4.79 Å². The molecule has 0 aliphatic rings. The molecule has 6 heteroatoms. The van der Waals surface area contributed by atoms with Crippen molar-refractivity contribution in [3.05, 3.63) is 22.3 Å². The number of hydrogen-bond acceptors (Lipinski definition) is 4. The first-order valence-electron chi connectivity index (χ1n) is 6.75.